The standard InChI is InChI=1S/C13H21NO2S/c1-9-6-11(3)12(7-10(9)2)13(14-4)8-17(5,15)16/h6-7,13-14H,8H2,1-5H3. The van der Waals surface area contributed by atoms with Gasteiger partial charge in [0, 0.05) is 12.3 Å². The van der Waals surface area contributed by atoms with Gasteiger partial charge in [0.25, 0.3) is 0 Å². The quantitative estimate of drug-likeness (QED) is 0.894. The Morgan fingerprint density at radius 3 is 2.12 bits per heavy atom. The highest BCUT2D eigenvalue weighted by molar-refractivity contribution is 7.90. The van der Waals surface area contributed by atoms with E-state index in [1.807, 2.05) is 13.8 Å². The van der Waals surface area contributed by atoms with Gasteiger partial charge in [-0.3, -0.25) is 0 Å². The van der Waals surface area contributed by atoms with Crippen molar-refractivity contribution in [1.29, 1.82) is 0 Å². The maximum Gasteiger partial charge on any atom is 0.149 e. The van der Waals surface area contributed by atoms with E-state index < -0.39 is 9.84 Å². The van der Waals surface area contributed by atoms with E-state index in [0.717, 1.165) is 11.1 Å². The first-order valence-corrected chi connectivity index (χ1v) is 7.73. The maximum atomic E-state index is 11.4. The average molecular weight is 255 g/mol. The second-order valence-electron chi connectivity index (χ2n) is 4.73. The molecule has 0 fully saturated rings. The van der Waals surface area contributed by atoms with Crippen molar-refractivity contribution in [2.45, 2.75) is 26.8 Å². The van der Waals surface area contributed by atoms with E-state index in [1.54, 1.807) is 7.05 Å². The fraction of sp³-hybridized carbons (Fsp3) is 0.538. The molecule has 0 aliphatic rings. The summed E-state index contributed by atoms with van der Waals surface area (Å²) in [6, 6.07) is 4.05. The van der Waals surface area contributed by atoms with E-state index in [0.29, 0.717) is 0 Å². The van der Waals surface area contributed by atoms with Crippen LogP contribution in [0.1, 0.15) is 28.3 Å². The van der Waals surface area contributed by atoms with Crippen LogP contribution in [0.4, 0.5) is 0 Å². The third-order valence-electron chi connectivity index (χ3n) is 3.08. The normalized spacial score (nSPS) is 13.7. The Bertz CT molecular complexity index is 506. The lowest BCUT2D eigenvalue weighted by Gasteiger charge is -2.19. The minimum absolute atomic E-state index is 0.132. The van der Waals surface area contributed by atoms with Crippen molar-refractivity contribution < 1.29 is 8.42 Å². The predicted molar refractivity (Wildman–Crippen MR) is 72.2 cm³/mol. The van der Waals surface area contributed by atoms with Crippen molar-refractivity contribution >= 4 is 9.84 Å². The number of aryl methyl sites for hydroxylation is 3. The zero-order valence-electron chi connectivity index (χ0n) is 11.2. The molecule has 96 valence electrons. The first-order valence-electron chi connectivity index (χ1n) is 5.67. The highest BCUT2D eigenvalue weighted by atomic mass is 32.2. The van der Waals surface area contributed by atoms with Crippen LogP contribution in [0.15, 0.2) is 12.1 Å². The largest absolute Gasteiger partial charge is 0.312 e. The van der Waals surface area contributed by atoms with Crippen LogP contribution >= 0.6 is 0 Å². The molecule has 4 heteroatoms. The van der Waals surface area contributed by atoms with Gasteiger partial charge in [0.15, 0.2) is 0 Å². The van der Waals surface area contributed by atoms with Gasteiger partial charge < -0.3 is 5.32 Å². The van der Waals surface area contributed by atoms with Crippen LogP contribution in [0.3, 0.4) is 0 Å². The molecule has 1 aromatic rings. The molecule has 0 saturated heterocycles. The van der Waals surface area contributed by atoms with Crippen LogP contribution in [0.2, 0.25) is 0 Å². The summed E-state index contributed by atoms with van der Waals surface area (Å²) < 4.78 is 22.8. The Hall–Kier alpha value is -0.870. The third-order valence-corrected chi connectivity index (χ3v) is 4.01. The average Bonchev–Trinajstić information content (AvgIpc) is 2.19. The molecule has 1 unspecified atom stereocenters. The SMILES string of the molecule is CNC(CS(C)(=O)=O)c1cc(C)c(C)cc1C. The molecule has 1 rings (SSSR count). The van der Waals surface area contributed by atoms with Gasteiger partial charge >= 0.3 is 0 Å². The molecule has 0 amide bonds. The molecule has 3 nitrogen and oxygen atoms in total. The van der Waals surface area contributed by atoms with Gasteiger partial charge in [0.2, 0.25) is 0 Å². The first-order chi connectivity index (χ1) is 7.74. The van der Waals surface area contributed by atoms with Gasteiger partial charge in [0.1, 0.15) is 9.84 Å². The van der Waals surface area contributed by atoms with E-state index in [2.05, 4.69) is 24.4 Å². The van der Waals surface area contributed by atoms with E-state index >= 15 is 0 Å². The topological polar surface area (TPSA) is 46.2 Å². The zero-order valence-corrected chi connectivity index (χ0v) is 12.0. The summed E-state index contributed by atoms with van der Waals surface area (Å²) in [6.45, 7) is 6.14. The van der Waals surface area contributed by atoms with Crippen molar-refractivity contribution in [2.75, 3.05) is 19.1 Å². The zero-order chi connectivity index (χ0) is 13.2. The fourth-order valence-corrected chi connectivity index (χ4v) is 2.94. The summed E-state index contributed by atoms with van der Waals surface area (Å²) in [5.74, 6) is 0.132. The summed E-state index contributed by atoms with van der Waals surface area (Å²) in [5.41, 5.74) is 4.64. The smallest absolute Gasteiger partial charge is 0.149 e. The predicted octanol–water partition coefficient (Wildman–Crippen LogP) is 1.92. The first kappa shape index (κ1) is 14.2. The lowest BCUT2D eigenvalue weighted by molar-refractivity contribution is 0.578. The van der Waals surface area contributed by atoms with E-state index in [9.17, 15) is 8.42 Å². The summed E-state index contributed by atoms with van der Waals surface area (Å²) in [5, 5.41) is 3.08. The lowest BCUT2D eigenvalue weighted by Crippen LogP contribution is -2.25. The highest BCUT2D eigenvalue weighted by Gasteiger charge is 2.17. The molecular weight excluding hydrogens is 234 g/mol. The summed E-state index contributed by atoms with van der Waals surface area (Å²) >= 11 is 0. The minimum atomic E-state index is -2.99. The van der Waals surface area contributed by atoms with Gasteiger partial charge in [-0.15, -0.1) is 0 Å². The summed E-state index contributed by atoms with van der Waals surface area (Å²) in [7, 11) is -1.19. The molecule has 1 N–H and O–H groups in total. The van der Waals surface area contributed by atoms with Crippen LogP contribution in [0, 0.1) is 20.8 Å². The van der Waals surface area contributed by atoms with Gasteiger partial charge in [-0.05, 0) is 50.1 Å². The molecule has 0 spiro atoms. The summed E-state index contributed by atoms with van der Waals surface area (Å²) in [4.78, 5) is 0. The van der Waals surface area contributed by atoms with Crippen LogP contribution in [0.5, 0.6) is 0 Å². The molecular formula is C13H21NO2S. The van der Waals surface area contributed by atoms with Gasteiger partial charge in [-0.1, -0.05) is 12.1 Å². The van der Waals surface area contributed by atoms with Crippen LogP contribution in [0.25, 0.3) is 0 Å². The molecule has 1 atom stereocenters. The molecule has 0 bridgehead atoms. The number of rotatable bonds is 4. The van der Waals surface area contributed by atoms with Crippen molar-refractivity contribution in [1.82, 2.24) is 5.32 Å². The summed E-state index contributed by atoms with van der Waals surface area (Å²) in [6.07, 6.45) is 1.27. The molecule has 0 aliphatic heterocycles. The Labute approximate surface area is 104 Å². The second kappa shape index (κ2) is 5.19. The maximum absolute atomic E-state index is 11.4. The fourth-order valence-electron chi connectivity index (χ4n) is 1.99. The van der Waals surface area contributed by atoms with Gasteiger partial charge in [0.05, 0.1) is 5.75 Å². The lowest BCUT2D eigenvalue weighted by atomic mass is 9.96. The molecule has 0 radical (unpaired) electrons. The molecule has 0 aliphatic carbocycles. The number of benzene rings is 1. The van der Waals surface area contributed by atoms with E-state index in [-0.39, 0.29) is 11.8 Å². The monoisotopic (exact) mass is 255 g/mol. The Morgan fingerprint density at radius 1 is 1.12 bits per heavy atom. The Morgan fingerprint density at radius 2 is 1.65 bits per heavy atom. The number of nitrogens with one attached hydrogen (secondary N) is 1. The van der Waals surface area contributed by atoms with Gasteiger partial charge in [-0.2, -0.15) is 0 Å². The van der Waals surface area contributed by atoms with Gasteiger partial charge in [-0.25, -0.2) is 8.42 Å². The van der Waals surface area contributed by atoms with E-state index in [4.69, 9.17) is 0 Å². The molecule has 0 aromatic heterocycles. The van der Waals surface area contributed by atoms with Crippen molar-refractivity contribution in [3.05, 3.63) is 34.4 Å². The molecule has 1 aromatic carbocycles. The van der Waals surface area contributed by atoms with Crippen molar-refractivity contribution in [3.63, 3.8) is 0 Å². The molecule has 0 saturated carbocycles. The number of hydrogen-bond acceptors (Lipinski definition) is 3. The minimum Gasteiger partial charge on any atom is -0.312 e. The van der Waals surface area contributed by atoms with E-state index in [1.165, 1.54) is 17.4 Å². The number of sulfone groups is 1. The number of hydrogen-bond donors (Lipinski definition) is 1. The van der Waals surface area contributed by atoms with Crippen LogP contribution < -0.4 is 5.32 Å². The van der Waals surface area contributed by atoms with Crippen LogP contribution in [-0.4, -0.2) is 27.5 Å². The third kappa shape index (κ3) is 3.82. The Balaban J connectivity index is 3.17. The second-order valence-corrected chi connectivity index (χ2v) is 6.91. The Kier molecular flexibility index (Phi) is 4.33. The molecule has 17 heavy (non-hydrogen) atoms. The highest BCUT2D eigenvalue weighted by Crippen LogP contribution is 2.22. The molecule has 0 heterocycles. The van der Waals surface area contributed by atoms with Crippen molar-refractivity contribution in [2.24, 2.45) is 0 Å². The van der Waals surface area contributed by atoms with Crippen molar-refractivity contribution in [3.8, 4) is 0 Å². The van der Waals surface area contributed by atoms with Crippen LogP contribution in [-0.2, 0) is 9.84 Å².